The minimum atomic E-state index is -0.758. The van der Waals surface area contributed by atoms with E-state index in [0.717, 1.165) is 57.5 Å². The summed E-state index contributed by atoms with van der Waals surface area (Å²) in [6.45, 7) is 5.20. The lowest BCUT2D eigenvalue weighted by atomic mass is 10.1. The van der Waals surface area contributed by atoms with Gasteiger partial charge in [0, 0.05) is 37.8 Å². The summed E-state index contributed by atoms with van der Waals surface area (Å²) in [4.78, 5) is 24.7. The van der Waals surface area contributed by atoms with Crippen LogP contribution in [0.4, 0.5) is 5.82 Å². The molecule has 0 unspecified atom stereocenters. The number of anilines is 1. The predicted molar refractivity (Wildman–Crippen MR) is 96.7 cm³/mol. The quantitative estimate of drug-likeness (QED) is 0.644. The molecule has 2 aromatic rings. The summed E-state index contributed by atoms with van der Waals surface area (Å²) in [5.74, 6) is -0.365. The molecule has 0 atom stereocenters. The van der Waals surface area contributed by atoms with Crippen molar-refractivity contribution in [2.24, 2.45) is 11.5 Å². The first-order chi connectivity index (χ1) is 12.1. The third-order valence-corrected chi connectivity index (χ3v) is 4.55. The van der Waals surface area contributed by atoms with Crippen molar-refractivity contribution >= 4 is 22.6 Å². The van der Waals surface area contributed by atoms with E-state index < -0.39 is 5.91 Å². The summed E-state index contributed by atoms with van der Waals surface area (Å²) < 4.78 is 0. The van der Waals surface area contributed by atoms with E-state index in [1.54, 1.807) is 12.3 Å². The molecular weight excluding hydrogens is 320 g/mol. The van der Waals surface area contributed by atoms with E-state index in [-0.39, 0.29) is 11.4 Å². The molecular formula is C17H24N6O2. The summed E-state index contributed by atoms with van der Waals surface area (Å²) >= 11 is 0. The monoisotopic (exact) mass is 344 g/mol. The second-order valence-corrected chi connectivity index (χ2v) is 6.22. The van der Waals surface area contributed by atoms with Crippen LogP contribution in [0, 0.1) is 0 Å². The summed E-state index contributed by atoms with van der Waals surface area (Å²) in [5.41, 5.74) is 11.1. The number of nitrogens with two attached hydrogens (primary N) is 2. The van der Waals surface area contributed by atoms with E-state index in [1.807, 2.05) is 6.07 Å². The van der Waals surface area contributed by atoms with Gasteiger partial charge in [-0.2, -0.15) is 0 Å². The van der Waals surface area contributed by atoms with Crippen molar-refractivity contribution in [2.45, 2.75) is 12.8 Å². The van der Waals surface area contributed by atoms with Crippen molar-refractivity contribution in [3.05, 3.63) is 24.0 Å². The zero-order valence-electron chi connectivity index (χ0n) is 14.2. The van der Waals surface area contributed by atoms with Gasteiger partial charge in [0.15, 0.2) is 11.4 Å². The molecule has 1 aliphatic rings. The molecule has 1 fully saturated rings. The summed E-state index contributed by atoms with van der Waals surface area (Å²) in [6.07, 6.45) is 3.72. The van der Waals surface area contributed by atoms with Gasteiger partial charge >= 0.3 is 0 Å². The number of carbonyl (C=O) groups excluding carboxylic acids is 1. The van der Waals surface area contributed by atoms with Crippen LogP contribution in [0.5, 0.6) is 5.75 Å². The molecule has 1 amide bonds. The van der Waals surface area contributed by atoms with E-state index in [4.69, 9.17) is 11.5 Å². The molecule has 8 nitrogen and oxygen atoms in total. The maximum Gasteiger partial charge on any atom is 0.271 e. The van der Waals surface area contributed by atoms with Gasteiger partial charge in [-0.15, -0.1) is 0 Å². The second-order valence-electron chi connectivity index (χ2n) is 6.22. The normalized spacial score (nSPS) is 15.6. The Kier molecular flexibility index (Phi) is 5.30. The highest BCUT2D eigenvalue weighted by molar-refractivity contribution is 6.03. The Labute approximate surface area is 146 Å². The van der Waals surface area contributed by atoms with Crippen LogP contribution in [0.3, 0.4) is 0 Å². The van der Waals surface area contributed by atoms with Gasteiger partial charge in [0.05, 0.1) is 0 Å². The van der Waals surface area contributed by atoms with Crippen molar-refractivity contribution < 1.29 is 9.90 Å². The van der Waals surface area contributed by atoms with Crippen molar-refractivity contribution in [3.8, 4) is 5.75 Å². The maximum absolute atomic E-state index is 11.6. The molecule has 5 N–H and O–H groups in total. The van der Waals surface area contributed by atoms with Gasteiger partial charge in [-0.1, -0.05) is 0 Å². The van der Waals surface area contributed by atoms with E-state index in [2.05, 4.69) is 19.8 Å². The summed E-state index contributed by atoms with van der Waals surface area (Å²) in [6, 6.07) is 3.64. The zero-order valence-corrected chi connectivity index (χ0v) is 14.2. The lowest BCUT2D eigenvalue weighted by molar-refractivity contribution is 0.0993. The highest BCUT2D eigenvalue weighted by atomic mass is 16.3. The first-order valence-electron chi connectivity index (χ1n) is 8.56. The fraction of sp³-hybridized carbons (Fsp3) is 0.471. The molecule has 1 saturated heterocycles. The Hall–Kier alpha value is -2.45. The van der Waals surface area contributed by atoms with Crippen molar-refractivity contribution in [3.63, 3.8) is 0 Å². The number of aromatic hydroxyl groups is 1. The number of unbranched alkanes of at least 4 members (excludes halogenated alkanes) is 1. The average Bonchev–Trinajstić information content (AvgIpc) is 2.63. The van der Waals surface area contributed by atoms with Gasteiger partial charge in [-0.3, -0.25) is 14.7 Å². The first kappa shape index (κ1) is 17.4. The van der Waals surface area contributed by atoms with Crippen molar-refractivity contribution in [1.82, 2.24) is 14.9 Å². The molecule has 3 rings (SSSR count). The van der Waals surface area contributed by atoms with Crippen LogP contribution in [0.25, 0.3) is 10.9 Å². The lowest BCUT2D eigenvalue weighted by Gasteiger charge is -2.36. The van der Waals surface area contributed by atoms with Crippen LogP contribution in [0.2, 0.25) is 0 Å². The molecule has 1 aliphatic heterocycles. The fourth-order valence-electron chi connectivity index (χ4n) is 3.18. The average molecular weight is 344 g/mol. The van der Waals surface area contributed by atoms with Crippen LogP contribution in [-0.2, 0) is 0 Å². The Morgan fingerprint density at radius 2 is 2.00 bits per heavy atom. The van der Waals surface area contributed by atoms with Gasteiger partial charge in [0.25, 0.3) is 5.91 Å². The second kappa shape index (κ2) is 7.62. The third kappa shape index (κ3) is 3.64. The van der Waals surface area contributed by atoms with Crippen molar-refractivity contribution in [1.29, 1.82) is 0 Å². The molecule has 8 heteroatoms. The van der Waals surface area contributed by atoms with E-state index >= 15 is 0 Å². The Morgan fingerprint density at radius 3 is 2.68 bits per heavy atom. The molecule has 134 valence electrons. The molecule has 3 heterocycles. The Bertz CT molecular complexity index is 758. The van der Waals surface area contributed by atoms with Crippen LogP contribution in [0.15, 0.2) is 18.3 Å². The minimum absolute atomic E-state index is 0.133. The molecule has 0 aliphatic carbocycles. The summed E-state index contributed by atoms with van der Waals surface area (Å²) in [5, 5.41) is 11.0. The van der Waals surface area contributed by atoms with Gasteiger partial charge in [0.2, 0.25) is 0 Å². The molecule has 0 spiro atoms. The van der Waals surface area contributed by atoms with Crippen LogP contribution in [-0.4, -0.2) is 65.2 Å². The van der Waals surface area contributed by atoms with Crippen LogP contribution >= 0.6 is 0 Å². The Morgan fingerprint density at radius 1 is 1.24 bits per heavy atom. The zero-order chi connectivity index (χ0) is 17.8. The molecule has 0 saturated carbocycles. The van der Waals surface area contributed by atoms with Gasteiger partial charge < -0.3 is 21.5 Å². The third-order valence-electron chi connectivity index (χ3n) is 4.55. The van der Waals surface area contributed by atoms with Crippen molar-refractivity contribution in [2.75, 3.05) is 44.2 Å². The van der Waals surface area contributed by atoms with E-state index in [9.17, 15) is 9.90 Å². The number of pyridine rings is 2. The maximum atomic E-state index is 11.6. The SMILES string of the molecule is NCCCCN1CCN(c2nc(C(N)=O)c(O)c3ncccc23)CC1. The molecule has 25 heavy (non-hydrogen) atoms. The standard InChI is InChI=1S/C17H24N6O2/c18-5-1-2-7-22-8-10-23(11-9-22)17-12-4-3-6-20-13(12)15(24)14(21-17)16(19)25/h3-4,6,24H,1-2,5,7-11,18H2,(H2,19,25). The minimum Gasteiger partial charge on any atom is -0.504 e. The topological polar surface area (TPSA) is 122 Å². The number of hydrogen-bond acceptors (Lipinski definition) is 7. The number of carbonyl (C=O) groups is 1. The first-order valence-corrected chi connectivity index (χ1v) is 8.56. The van der Waals surface area contributed by atoms with Gasteiger partial charge in [-0.25, -0.2) is 4.98 Å². The Balaban J connectivity index is 1.84. The molecule has 0 bridgehead atoms. The number of nitrogens with zero attached hydrogens (tertiary/aromatic N) is 4. The van der Waals surface area contributed by atoms with E-state index in [0.29, 0.717) is 11.3 Å². The largest absolute Gasteiger partial charge is 0.504 e. The van der Waals surface area contributed by atoms with Gasteiger partial charge in [-0.05, 0) is 38.1 Å². The van der Waals surface area contributed by atoms with Crippen LogP contribution in [0.1, 0.15) is 23.3 Å². The number of fused-ring (bicyclic) bond motifs is 1. The smallest absolute Gasteiger partial charge is 0.271 e. The highest BCUT2D eigenvalue weighted by Gasteiger charge is 2.24. The number of amides is 1. The lowest BCUT2D eigenvalue weighted by Crippen LogP contribution is -2.47. The number of primary amides is 1. The summed E-state index contributed by atoms with van der Waals surface area (Å²) in [7, 11) is 0. The van der Waals surface area contributed by atoms with E-state index in [1.165, 1.54) is 0 Å². The fourth-order valence-corrected chi connectivity index (χ4v) is 3.18. The molecule has 0 radical (unpaired) electrons. The van der Waals surface area contributed by atoms with Gasteiger partial charge in [0.1, 0.15) is 11.3 Å². The molecule has 0 aromatic carbocycles. The van der Waals surface area contributed by atoms with Crippen LogP contribution < -0.4 is 16.4 Å². The number of hydrogen-bond donors (Lipinski definition) is 3. The molecule has 2 aromatic heterocycles. The number of rotatable bonds is 6. The number of aromatic nitrogens is 2. The number of piperazine rings is 1. The highest BCUT2D eigenvalue weighted by Crippen LogP contribution is 2.32. The predicted octanol–water partition coefficient (Wildman–Crippen LogP) is 0.295.